The molecule has 0 spiro atoms. The summed E-state index contributed by atoms with van der Waals surface area (Å²) in [6, 6.07) is 4.87. The normalized spacial score (nSPS) is 11.9. The summed E-state index contributed by atoms with van der Waals surface area (Å²) in [4.78, 5) is 26.0. The predicted molar refractivity (Wildman–Crippen MR) is 70.4 cm³/mol. The van der Waals surface area contributed by atoms with Crippen molar-refractivity contribution >= 4 is 23.6 Å². The third kappa shape index (κ3) is 5.18. The molecule has 98 valence electrons. The number of hydrogen-bond donors (Lipinski definition) is 2. The van der Waals surface area contributed by atoms with E-state index in [1.807, 2.05) is 25.1 Å². The van der Waals surface area contributed by atoms with E-state index in [9.17, 15) is 9.59 Å². The van der Waals surface area contributed by atoms with Gasteiger partial charge >= 0.3 is 5.97 Å². The number of rotatable bonds is 6. The average molecular weight is 268 g/mol. The predicted octanol–water partition coefficient (Wildman–Crippen LogP) is 1.21. The zero-order valence-corrected chi connectivity index (χ0v) is 11.2. The van der Waals surface area contributed by atoms with Crippen molar-refractivity contribution in [3.05, 3.63) is 29.6 Å². The molecule has 1 unspecified atom stereocenters. The van der Waals surface area contributed by atoms with E-state index in [1.54, 1.807) is 0 Å². The molecule has 6 heteroatoms. The molecule has 0 fully saturated rings. The Morgan fingerprint density at radius 1 is 1.50 bits per heavy atom. The molecule has 0 aromatic carbocycles. The van der Waals surface area contributed by atoms with Crippen LogP contribution in [0.5, 0.6) is 0 Å². The van der Waals surface area contributed by atoms with Gasteiger partial charge in [0, 0.05) is 24.1 Å². The zero-order chi connectivity index (χ0) is 13.5. The minimum Gasteiger partial charge on any atom is -0.480 e. The van der Waals surface area contributed by atoms with Crippen LogP contribution in [0.3, 0.4) is 0 Å². The van der Waals surface area contributed by atoms with Gasteiger partial charge in [0.2, 0.25) is 5.91 Å². The van der Waals surface area contributed by atoms with Crippen molar-refractivity contribution in [3.63, 3.8) is 0 Å². The second-order valence-electron chi connectivity index (χ2n) is 3.88. The third-order valence-electron chi connectivity index (χ3n) is 2.16. The summed E-state index contributed by atoms with van der Waals surface area (Å²) in [5.41, 5.74) is 1.84. The minimum atomic E-state index is -1.02. The van der Waals surface area contributed by atoms with Gasteiger partial charge in [-0.25, -0.2) is 4.79 Å². The Hall–Kier alpha value is -1.56. The Balaban J connectivity index is 2.43. The molecule has 1 aromatic heterocycles. The summed E-state index contributed by atoms with van der Waals surface area (Å²) < 4.78 is 0. The summed E-state index contributed by atoms with van der Waals surface area (Å²) in [6.45, 7) is 3.22. The number of carbonyl (C=O) groups excluding carboxylic acids is 1. The standard InChI is InChI=1S/C12H16N2O3S/c1-8-4-3-5-10(13-8)6-18-7-11(12(16)17)14-9(2)15/h3-5,11H,6-7H2,1-2H3,(H,14,15)(H,16,17). The maximum absolute atomic E-state index is 10.9. The molecule has 0 saturated heterocycles. The first kappa shape index (κ1) is 14.5. The van der Waals surface area contributed by atoms with Crippen molar-refractivity contribution in [1.29, 1.82) is 0 Å². The molecule has 2 N–H and O–H groups in total. The van der Waals surface area contributed by atoms with Gasteiger partial charge in [-0.05, 0) is 19.1 Å². The van der Waals surface area contributed by atoms with Gasteiger partial charge in [-0.3, -0.25) is 9.78 Å². The number of nitrogens with zero attached hydrogens (tertiary/aromatic N) is 1. The summed E-state index contributed by atoms with van der Waals surface area (Å²) >= 11 is 1.44. The van der Waals surface area contributed by atoms with Crippen molar-refractivity contribution in [2.75, 3.05) is 5.75 Å². The second-order valence-corrected chi connectivity index (χ2v) is 4.91. The van der Waals surface area contributed by atoms with Crippen LogP contribution in [0.25, 0.3) is 0 Å². The number of nitrogens with one attached hydrogen (secondary N) is 1. The Bertz CT molecular complexity index is 437. The Morgan fingerprint density at radius 2 is 2.22 bits per heavy atom. The van der Waals surface area contributed by atoms with E-state index >= 15 is 0 Å². The molecule has 1 aromatic rings. The van der Waals surface area contributed by atoms with Crippen LogP contribution >= 0.6 is 11.8 Å². The van der Waals surface area contributed by atoms with E-state index in [0.29, 0.717) is 11.5 Å². The fourth-order valence-electron chi connectivity index (χ4n) is 1.38. The highest BCUT2D eigenvalue weighted by Gasteiger charge is 2.17. The first-order chi connectivity index (χ1) is 8.49. The van der Waals surface area contributed by atoms with Crippen LogP contribution in [0.15, 0.2) is 18.2 Å². The molecule has 0 saturated carbocycles. The van der Waals surface area contributed by atoms with Crippen LogP contribution in [0.2, 0.25) is 0 Å². The second kappa shape index (κ2) is 7.00. The summed E-state index contributed by atoms with van der Waals surface area (Å²) in [5.74, 6) is -0.401. The van der Waals surface area contributed by atoms with Gasteiger partial charge in [-0.2, -0.15) is 11.8 Å². The summed E-state index contributed by atoms with van der Waals surface area (Å²) in [6.07, 6.45) is 0. The Kier molecular flexibility index (Phi) is 5.64. The van der Waals surface area contributed by atoms with Gasteiger partial charge in [0.15, 0.2) is 0 Å². The maximum Gasteiger partial charge on any atom is 0.327 e. The van der Waals surface area contributed by atoms with Crippen LogP contribution < -0.4 is 5.32 Å². The van der Waals surface area contributed by atoms with Crippen molar-refractivity contribution in [1.82, 2.24) is 10.3 Å². The number of carbonyl (C=O) groups is 2. The van der Waals surface area contributed by atoms with E-state index < -0.39 is 12.0 Å². The number of amides is 1. The number of aliphatic carboxylic acids is 1. The minimum absolute atomic E-state index is 0.324. The Labute approximate surface area is 110 Å². The highest BCUT2D eigenvalue weighted by molar-refractivity contribution is 7.98. The molecule has 0 aliphatic rings. The number of carboxylic acids is 1. The van der Waals surface area contributed by atoms with Crippen molar-refractivity contribution in [2.45, 2.75) is 25.6 Å². The molecule has 0 aliphatic carbocycles. The van der Waals surface area contributed by atoms with Crippen LogP contribution in [-0.4, -0.2) is 33.8 Å². The highest BCUT2D eigenvalue weighted by atomic mass is 32.2. The van der Waals surface area contributed by atoms with Gasteiger partial charge < -0.3 is 10.4 Å². The lowest BCUT2D eigenvalue weighted by atomic mass is 10.3. The number of aryl methyl sites for hydroxylation is 1. The monoisotopic (exact) mass is 268 g/mol. The quantitative estimate of drug-likeness (QED) is 0.810. The third-order valence-corrected chi connectivity index (χ3v) is 3.22. The van der Waals surface area contributed by atoms with Crippen molar-refractivity contribution in [2.24, 2.45) is 0 Å². The molecule has 1 atom stereocenters. The molecule has 1 rings (SSSR count). The van der Waals surface area contributed by atoms with E-state index in [1.165, 1.54) is 18.7 Å². The topological polar surface area (TPSA) is 79.3 Å². The molecular weight excluding hydrogens is 252 g/mol. The molecule has 18 heavy (non-hydrogen) atoms. The number of pyridine rings is 1. The van der Waals surface area contributed by atoms with E-state index in [4.69, 9.17) is 5.11 Å². The van der Waals surface area contributed by atoms with Gasteiger partial charge in [0.05, 0.1) is 5.69 Å². The van der Waals surface area contributed by atoms with Crippen LogP contribution in [0, 0.1) is 6.92 Å². The molecule has 0 aliphatic heterocycles. The lowest BCUT2D eigenvalue weighted by Gasteiger charge is -2.12. The Morgan fingerprint density at radius 3 is 2.78 bits per heavy atom. The van der Waals surface area contributed by atoms with Crippen LogP contribution in [-0.2, 0) is 15.3 Å². The number of aromatic nitrogens is 1. The van der Waals surface area contributed by atoms with Gasteiger partial charge in [-0.15, -0.1) is 0 Å². The summed E-state index contributed by atoms with van der Waals surface area (Å²) in [5, 5.41) is 11.3. The molecule has 0 radical (unpaired) electrons. The van der Waals surface area contributed by atoms with Crippen molar-refractivity contribution < 1.29 is 14.7 Å². The van der Waals surface area contributed by atoms with Crippen LogP contribution in [0.1, 0.15) is 18.3 Å². The van der Waals surface area contributed by atoms with E-state index in [2.05, 4.69) is 10.3 Å². The van der Waals surface area contributed by atoms with E-state index in [-0.39, 0.29) is 5.91 Å². The number of hydrogen-bond acceptors (Lipinski definition) is 4. The van der Waals surface area contributed by atoms with Gasteiger partial charge in [0.25, 0.3) is 0 Å². The van der Waals surface area contributed by atoms with Crippen molar-refractivity contribution in [3.8, 4) is 0 Å². The number of carboxylic acid groups (broad SMARTS) is 1. The molecule has 1 amide bonds. The highest BCUT2D eigenvalue weighted by Crippen LogP contribution is 2.12. The maximum atomic E-state index is 10.9. The lowest BCUT2D eigenvalue weighted by Crippen LogP contribution is -2.41. The lowest BCUT2D eigenvalue weighted by molar-refractivity contribution is -0.140. The molecular formula is C12H16N2O3S. The largest absolute Gasteiger partial charge is 0.480 e. The first-order valence-corrected chi connectivity index (χ1v) is 6.64. The SMILES string of the molecule is CC(=O)NC(CSCc1cccc(C)n1)C(=O)O. The molecule has 1 heterocycles. The molecule has 5 nitrogen and oxygen atoms in total. The molecule has 0 bridgehead atoms. The van der Waals surface area contributed by atoms with E-state index in [0.717, 1.165) is 11.4 Å². The van der Waals surface area contributed by atoms with Crippen LogP contribution in [0.4, 0.5) is 0 Å². The van der Waals surface area contributed by atoms with Gasteiger partial charge in [-0.1, -0.05) is 6.07 Å². The first-order valence-electron chi connectivity index (χ1n) is 5.49. The van der Waals surface area contributed by atoms with Gasteiger partial charge in [0.1, 0.15) is 6.04 Å². The number of thioether (sulfide) groups is 1. The fraction of sp³-hybridized carbons (Fsp3) is 0.417. The smallest absolute Gasteiger partial charge is 0.327 e. The summed E-state index contributed by atoms with van der Waals surface area (Å²) in [7, 11) is 0. The fourth-order valence-corrected chi connectivity index (χ4v) is 2.33. The average Bonchev–Trinajstić information content (AvgIpc) is 2.27. The zero-order valence-electron chi connectivity index (χ0n) is 10.3.